The van der Waals surface area contributed by atoms with Crippen LogP contribution in [0.15, 0.2) is 42.5 Å². The number of nitrogens with one attached hydrogen (secondary N) is 1. The Labute approximate surface area is 201 Å². The second-order valence-electron chi connectivity index (χ2n) is 8.67. The molecule has 33 heavy (non-hydrogen) atoms. The molecule has 1 saturated heterocycles. The van der Waals surface area contributed by atoms with Gasteiger partial charge in [-0.05, 0) is 67.9 Å². The number of hydrogen-bond acceptors (Lipinski definition) is 4. The maximum Gasteiger partial charge on any atom is 0.339 e. The van der Waals surface area contributed by atoms with Crippen LogP contribution in [0, 0.1) is 5.92 Å². The molecule has 3 rings (SSSR count). The molecule has 2 aromatic rings. The molecule has 0 unspecified atom stereocenters. The lowest BCUT2D eigenvalue weighted by Crippen LogP contribution is -2.34. The molecule has 0 bridgehead atoms. The van der Waals surface area contributed by atoms with Gasteiger partial charge in [-0.15, -0.1) is 0 Å². The number of carbonyl (C=O) groups is 2. The van der Waals surface area contributed by atoms with Crippen molar-refractivity contribution in [1.29, 1.82) is 0 Å². The van der Waals surface area contributed by atoms with Crippen molar-refractivity contribution in [3.05, 3.63) is 59.2 Å². The SMILES string of the molecule is [2H]C([2H])(C(=O)N[C@@]([2H])(CC(C)C)c1ccccc1N1CCCCC1)c1ccc(C(=O)O)c(OCC)c1. The van der Waals surface area contributed by atoms with Gasteiger partial charge in [-0.1, -0.05) is 38.1 Å². The number of ether oxygens (including phenoxy) is 1. The summed E-state index contributed by atoms with van der Waals surface area (Å²) < 4.78 is 32.0. The van der Waals surface area contributed by atoms with Gasteiger partial charge in [0.2, 0.25) is 5.91 Å². The van der Waals surface area contributed by atoms with Gasteiger partial charge >= 0.3 is 5.97 Å². The molecule has 1 atom stereocenters. The Bertz CT molecular complexity index is 1090. The first-order chi connectivity index (χ1) is 17.0. The second kappa shape index (κ2) is 11.7. The van der Waals surface area contributed by atoms with E-state index in [0.717, 1.165) is 38.0 Å². The van der Waals surface area contributed by atoms with Crippen LogP contribution in [0.1, 0.15) is 78.1 Å². The molecule has 0 spiro atoms. The summed E-state index contributed by atoms with van der Waals surface area (Å²) >= 11 is 0. The largest absolute Gasteiger partial charge is 0.493 e. The molecule has 1 fully saturated rings. The van der Waals surface area contributed by atoms with E-state index in [4.69, 9.17) is 7.48 Å². The van der Waals surface area contributed by atoms with E-state index >= 15 is 0 Å². The molecule has 1 heterocycles. The van der Waals surface area contributed by atoms with E-state index in [9.17, 15) is 16.1 Å². The maximum absolute atomic E-state index is 13.4. The highest BCUT2D eigenvalue weighted by Crippen LogP contribution is 2.32. The highest BCUT2D eigenvalue weighted by molar-refractivity contribution is 5.91. The first kappa shape index (κ1) is 20.6. The summed E-state index contributed by atoms with van der Waals surface area (Å²) in [7, 11) is 0. The van der Waals surface area contributed by atoms with Crippen LogP contribution >= 0.6 is 0 Å². The molecule has 0 radical (unpaired) electrons. The Kier molecular flexibility index (Phi) is 7.31. The van der Waals surface area contributed by atoms with Gasteiger partial charge in [0.1, 0.15) is 11.3 Å². The van der Waals surface area contributed by atoms with Crippen molar-refractivity contribution in [2.24, 2.45) is 5.92 Å². The maximum atomic E-state index is 13.4. The molecule has 0 aliphatic carbocycles. The summed E-state index contributed by atoms with van der Waals surface area (Å²) in [5.74, 6) is -2.11. The summed E-state index contributed by atoms with van der Waals surface area (Å²) in [6, 6.07) is 9.77. The standard InChI is InChI=1S/C27H36N2O4/c1-4-33-25-17-20(12-13-22(25)27(31)32)18-26(30)28-23(16-19(2)3)21-10-6-7-11-24(21)29-14-8-5-9-15-29/h6-7,10-13,17,19,23H,4-5,8-9,14-16,18H2,1-3H3,(H,28,30)(H,31,32)/t23-/m0/s1/i18D2,23D. The van der Waals surface area contributed by atoms with Crippen molar-refractivity contribution in [3.8, 4) is 5.75 Å². The quantitative estimate of drug-likeness (QED) is 0.513. The average molecular weight is 456 g/mol. The lowest BCUT2D eigenvalue weighted by molar-refractivity contribution is -0.121. The summed E-state index contributed by atoms with van der Waals surface area (Å²) in [6.07, 6.45) is 1.06. The van der Waals surface area contributed by atoms with E-state index in [2.05, 4.69) is 10.2 Å². The zero-order chi connectivity index (χ0) is 26.5. The average Bonchev–Trinajstić information content (AvgIpc) is 2.84. The van der Waals surface area contributed by atoms with E-state index < -0.39 is 24.3 Å². The molecular weight excluding hydrogens is 416 g/mol. The number of nitrogens with zero attached hydrogens (tertiary/aromatic N) is 1. The number of amides is 1. The van der Waals surface area contributed by atoms with Gasteiger partial charge in [-0.2, -0.15) is 0 Å². The fourth-order valence-electron chi connectivity index (χ4n) is 4.13. The molecule has 0 aromatic heterocycles. The van der Waals surface area contributed by atoms with Gasteiger partial charge < -0.3 is 20.1 Å². The summed E-state index contributed by atoms with van der Waals surface area (Å²) in [4.78, 5) is 27.2. The monoisotopic (exact) mass is 455 g/mol. The highest BCUT2D eigenvalue weighted by atomic mass is 16.5. The van der Waals surface area contributed by atoms with Gasteiger partial charge in [0, 0.05) is 21.5 Å². The van der Waals surface area contributed by atoms with Crippen molar-refractivity contribution >= 4 is 17.6 Å². The minimum Gasteiger partial charge on any atom is -0.493 e. The molecule has 1 aliphatic rings. The molecule has 1 aliphatic heterocycles. The number of anilines is 1. The molecule has 2 N–H and O–H groups in total. The van der Waals surface area contributed by atoms with Crippen LogP contribution in [0.4, 0.5) is 5.69 Å². The van der Waals surface area contributed by atoms with E-state index in [0.29, 0.717) is 12.0 Å². The molecule has 1 amide bonds. The number of para-hydroxylation sites is 1. The number of aromatic carboxylic acids is 1. The number of carboxylic acid groups (broad SMARTS) is 1. The molecule has 6 heteroatoms. The third kappa shape index (κ3) is 6.73. The van der Waals surface area contributed by atoms with E-state index in [1.165, 1.54) is 18.2 Å². The Hall–Kier alpha value is -3.02. The Morgan fingerprint density at radius 1 is 1.18 bits per heavy atom. The zero-order valence-electron chi connectivity index (χ0n) is 22.7. The van der Waals surface area contributed by atoms with Crippen LogP contribution in [0.3, 0.4) is 0 Å². The summed E-state index contributed by atoms with van der Waals surface area (Å²) in [6.45, 7) is 7.56. The van der Waals surface area contributed by atoms with Crippen molar-refractivity contribution in [2.75, 3.05) is 24.6 Å². The fraction of sp³-hybridized carbons (Fsp3) is 0.481. The minimum atomic E-state index is -2.52. The van der Waals surface area contributed by atoms with E-state index in [-0.39, 0.29) is 29.4 Å². The number of hydrogen-bond donors (Lipinski definition) is 2. The number of piperidine rings is 1. The molecule has 0 saturated carbocycles. The number of carboxylic acids is 1. The summed E-state index contributed by atoms with van der Waals surface area (Å²) in [5.41, 5.74) is 1.38. The second-order valence-corrected chi connectivity index (χ2v) is 8.67. The van der Waals surface area contributed by atoms with Crippen molar-refractivity contribution in [1.82, 2.24) is 5.32 Å². The predicted molar refractivity (Wildman–Crippen MR) is 131 cm³/mol. The highest BCUT2D eigenvalue weighted by Gasteiger charge is 2.23. The molecule has 6 nitrogen and oxygen atoms in total. The molecular formula is C27H36N2O4. The normalized spacial score (nSPS) is 17.5. The Morgan fingerprint density at radius 3 is 2.58 bits per heavy atom. The third-order valence-corrected chi connectivity index (χ3v) is 5.57. The van der Waals surface area contributed by atoms with Crippen LogP contribution in [-0.4, -0.2) is 36.7 Å². The predicted octanol–water partition coefficient (Wildman–Crippen LogP) is 5.22. The van der Waals surface area contributed by atoms with Crippen molar-refractivity contribution in [3.63, 3.8) is 0 Å². The van der Waals surface area contributed by atoms with Crippen molar-refractivity contribution in [2.45, 2.75) is 58.8 Å². The van der Waals surface area contributed by atoms with Gasteiger partial charge in [-0.25, -0.2) is 4.79 Å². The van der Waals surface area contributed by atoms with Crippen LogP contribution in [-0.2, 0) is 11.2 Å². The first-order valence-electron chi connectivity index (χ1n) is 13.2. The zero-order valence-corrected chi connectivity index (χ0v) is 19.7. The third-order valence-electron chi connectivity index (χ3n) is 5.57. The topological polar surface area (TPSA) is 78.9 Å². The molecule has 2 aromatic carbocycles. The van der Waals surface area contributed by atoms with Crippen LogP contribution in [0.2, 0.25) is 0 Å². The Morgan fingerprint density at radius 2 is 1.91 bits per heavy atom. The number of benzene rings is 2. The van der Waals surface area contributed by atoms with Gasteiger partial charge in [0.05, 0.1) is 20.4 Å². The van der Waals surface area contributed by atoms with Crippen LogP contribution in [0.5, 0.6) is 5.75 Å². The molecule has 178 valence electrons. The van der Waals surface area contributed by atoms with Crippen molar-refractivity contribution < 1.29 is 23.5 Å². The van der Waals surface area contributed by atoms with Crippen LogP contribution in [0.25, 0.3) is 0 Å². The Balaban J connectivity index is 1.98. The number of rotatable bonds is 10. The van der Waals surface area contributed by atoms with Gasteiger partial charge in [0.15, 0.2) is 0 Å². The fourth-order valence-corrected chi connectivity index (χ4v) is 4.13. The van der Waals surface area contributed by atoms with Gasteiger partial charge in [0.25, 0.3) is 0 Å². The summed E-state index contributed by atoms with van der Waals surface area (Å²) in [5, 5.41) is 12.1. The van der Waals surface area contributed by atoms with E-state index in [1.807, 2.05) is 38.1 Å². The van der Waals surface area contributed by atoms with E-state index in [1.54, 1.807) is 6.92 Å². The first-order valence-corrected chi connectivity index (χ1v) is 11.7. The van der Waals surface area contributed by atoms with Crippen LogP contribution < -0.4 is 15.0 Å². The van der Waals surface area contributed by atoms with Gasteiger partial charge in [-0.3, -0.25) is 4.79 Å². The smallest absolute Gasteiger partial charge is 0.339 e. The number of carbonyl (C=O) groups excluding carboxylic acids is 1. The lowest BCUT2D eigenvalue weighted by atomic mass is 9.94. The lowest BCUT2D eigenvalue weighted by Gasteiger charge is -2.33. The minimum absolute atomic E-state index is 0.00561.